The van der Waals surface area contributed by atoms with Crippen LogP contribution in [0.25, 0.3) is 11.0 Å². The molecule has 1 atom stereocenters. The largest absolute Gasteiger partial charge is 0.368 e. The molecule has 0 bridgehead atoms. The summed E-state index contributed by atoms with van der Waals surface area (Å²) in [5.41, 5.74) is 6.58. The van der Waals surface area contributed by atoms with Crippen LogP contribution in [0.3, 0.4) is 0 Å². The fourth-order valence-electron chi connectivity index (χ4n) is 2.28. The van der Waals surface area contributed by atoms with Gasteiger partial charge in [-0.25, -0.2) is 14.4 Å². The van der Waals surface area contributed by atoms with Crippen molar-refractivity contribution in [3.63, 3.8) is 0 Å². The van der Waals surface area contributed by atoms with Gasteiger partial charge in [-0.3, -0.25) is 0 Å². The van der Waals surface area contributed by atoms with Crippen molar-refractivity contribution < 1.29 is 4.39 Å². The quantitative estimate of drug-likeness (QED) is 0.851. The van der Waals surface area contributed by atoms with Gasteiger partial charge in [-0.1, -0.05) is 26.7 Å². The summed E-state index contributed by atoms with van der Waals surface area (Å²) in [5.74, 6) is 0.250. The zero-order valence-corrected chi connectivity index (χ0v) is 12.8. The average molecular weight is 291 g/mol. The van der Waals surface area contributed by atoms with Crippen LogP contribution in [0.4, 0.5) is 16.2 Å². The van der Waals surface area contributed by atoms with E-state index in [2.05, 4.69) is 41.0 Å². The minimum atomic E-state index is -0.434. The number of rotatable bonds is 6. The van der Waals surface area contributed by atoms with Gasteiger partial charge >= 0.3 is 0 Å². The fourth-order valence-corrected chi connectivity index (χ4v) is 2.28. The highest BCUT2D eigenvalue weighted by molar-refractivity contribution is 5.86. The van der Waals surface area contributed by atoms with Gasteiger partial charge in [0.15, 0.2) is 5.82 Å². The first-order valence-electron chi connectivity index (χ1n) is 7.34. The summed E-state index contributed by atoms with van der Waals surface area (Å²) in [6, 6.07) is 1.32. The maximum Gasteiger partial charge on any atom is 0.222 e. The molecule has 0 aliphatic rings. The second-order valence-electron chi connectivity index (χ2n) is 5.59. The van der Waals surface area contributed by atoms with Crippen LogP contribution in [-0.4, -0.2) is 20.5 Å². The van der Waals surface area contributed by atoms with Crippen molar-refractivity contribution in [2.45, 2.75) is 52.0 Å². The van der Waals surface area contributed by atoms with Crippen LogP contribution in [0.1, 0.15) is 46.5 Å². The predicted molar refractivity (Wildman–Crippen MR) is 83.5 cm³/mol. The minimum Gasteiger partial charge on any atom is -0.368 e. The number of nitrogens with zero attached hydrogens (tertiary/aromatic N) is 3. The van der Waals surface area contributed by atoms with E-state index >= 15 is 0 Å². The van der Waals surface area contributed by atoms with Gasteiger partial charge in [-0.05, 0) is 19.8 Å². The van der Waals surface area contributed by atoms with Crippen LogP contribution in [0.15, 0.2) is 12.3 Å². The molecular formula is C15H22FN5. The van der Waals surface area contributed by atoms with Crippen molar-refractivity contribution in [1.82, 2.24) is 15.0 Å². The highest BCUT2D eigenvalue weighted by atomic mass is 19.1. The van der Waals surface area contributed by atoms with Crippen LogP contribution in [-0.2, 0) is 0 Å². The van der Waals surface area contributed by atoms with Gasteiger partial charge in [0, 0.05) is 11.6 Å². The van der Waals surface area contributed by atoms with Crippen molar-refractivity contribution in [2.24, 2.45) is 0 Å². The summed E-state index contributed by atoms with van der Waals surface area (Å²) in [7, 11) is 0. The lowest BCUT2D eigenvalue weighted by atomic mass is 9.92. The van der Waals surface area contributed by atoms with Crippen LogP contribution < -0.4 is 11.1 Å². The number of unbranched alkanes of at least 4 members (excludes halogenated alkanes) is 1. The number of fused-ring (bicyclic) bond motifs is 1. The Morgan fingerprint density at radius 3 is 2.76 bits per heavy atom. The number of halogens is 1. The smallest absolute Gasteiger partial charge is 0.222 e. The van der Waals surface area contributed by atoms with E-state index in [1.807, 2.05) is 0 Å². The molecule has 2 aromatic heterocycles. The third kappa shape index (κ3) is 3.56. The number of nitrogen functional groups attached to an aromatic ring is 1. The van der Waals surface area contributed by atoms with Crippen molar-refractivity contribution in [1.29, 1.82) is 0 Å². The number of aromatic nitrogens is 3. The zero-order valence-electron chi connectivity index (χ0n) is 12.8. The first kappa shape index (κ1) is 15.4. The molecule has 0 unspecified atom stereocenters. The summed E-state index contributed by atoms with van der Waals surface area (Å²) in [6.07, 6.45) is 5.39. The third-order valence-electron chi connectivity index (χ3n) is 3.80. The van der Waals surface area contributed by atoms with E-state index in [0.717, 1.165) is 25.7 Å². The molecule has 5 nitrogen and oxygen atoms in total. The van der Waals surface area contributed by atoms with Gasteiger partial charge < -0.3 is 11.1 Å². The van der Waals surface area contributed by atoms with E-state index in [0.29, 0.717) is 16.9 Å². The van der Waals surface area contributed by atoms with E-state index in [1.54, 1.807) is 0 Å². The van der Waals surface area contributed by atoms with Crippen molar-refractivity contribution in [2.75, 3.05) is 11.1 Å². The Labute approximate surface area is 124 Å². The first-order valence-corrected chi connectivity index (χ1v) is 7.34. The molecule has 0 saturated heterocycles. The Bertz CT molecular complexity index is 625. The maximum absolute atomic E-state index is 13.3. The molecule has 0 aromatic carbocycles. The van der Waals surface area contributed by atoms with Crippen molar-refractivity contribution in [3.8, 4) is 0 Å². The van der Waals surface area contributed by atoms with Gasteiger partial charge in [0.2, 0.25) is 5.95 Å². The number of hydrogen-bond acceptors (Lipinski definition) is 5. The van der Waals surface area contributed by atoms with E-state index in [4.69, 9.17) is 5.73 Å². The fraction of sp³-hybridized carbons (Fsp3) is 0.533. The Kier molecular flexibility index (Phi) is 4.55. The molecule has 6 heteroatoms. The van der Waals surface area contributed by atoms with Crippen molar-refractivity contribution >= 4 is 22.8 Å². The van der Waals surface area contributed by atoms with Gasteiger partial charge in [0.25, 0.3) is 0 Å². The maximum atomic E-state index is 13.3. The summed E-state index contributed by atoms with van der Waals surface area (Å²) in [6.45, 7) is 6.44. The molecule has 0 aliphatic heterocycles. The molecule has 114 valence electrons. The summed E-state index contributed by atoms with van der Waals surface area (Å²) in [4.78, 5) is 12.4. The number of hydrogen-bond donors (Lipinski definition) is 2. The van der Waals surface area contributed by atoms with Crippen LogP contribution >= 0.6 is 0 Å². The standard InChI is InChI=1S/C15H22FN5/c1-4-6-7-15(3,5-2)21-13-12-11(19-14(17)20-13)8-10(16)9-18-12/h8-9H,4-7H2,1-3H3,(H3,17,19,20,21)/t15-/m1/s1. The topological polar surface area (TPSA) is 76.7 Å². The lowest BCUT2D eigenvalue weighted by Crippen LogP contribution is -2.34. The lowest BCUT2D eigenvalue weighted by molar-refractivity contribution is 0.438. The Hall–Kier alpha value is -1.98. The second-order valence-corrected chi connectivity index (χ2v) is 5.59. The average Bonchev–Trinajstić information content (AvgIpc) is 2.44. The number of nitrogens with one attached hydrogen (secondary N) is 1. The monoisotopic (exact) mass is 291 g/mol. The molecule has 0 aliphatic carbocycles. The highest BCUT2D eigenvalue weighted by Gasteiger charge is 2.23. The molecule has 0 radical (unpaired) electrons. The molecule has 0 spiro atoms. The number of pyridine rings is 1. The second kappa shape index (κ2) is 6.20. The predicted octanol–water partition coefficient (Wildman–Crippen LogP) is 3.52. The number of anilines is 2. The minimum absolute atomic E-state index is 0.0974. The van der Waals surface area contributed by atoms with Gasteiger partial charge in [0.1, 0.15) is 11.3 Å². The zero-order chi connectivity index (χ0) is 15.5. The molecule has 2 heterocycles. The van der Waals surface area contributed by atoms with Crippen LogP contribution in [0, 0.1) is 5.82 Å². The van der Waals surface area contributed by atoms with Crippen molar-refractivity contribution in [3.05, 3.63) is 18.1 Å². The molecule has 2 rings (SSSR count). The molecule has 0 amide bonds. The van der Waals surface area contributed by atoms with E-state index in [1.165, 1.54) is 12.3 Å². The van der Waals surface area contributed by atoms with Gasteiger partial charge in [-0.15, -0.1) is 0 Å². The third-order valence-corrected chi connectivity index (χ3v) is 3.80. The van der Waals surface area contributed by atoms with E-state index in [-0.39, 0.29) is 11.5 Å². The van der Waals surface area contributed by atoms with Gasteiger partial charge in [-0.2, -0.15) is 4.98 Å². The van der Waals surface area contributed by atoms with E-state index < -0.39 is 5.82 Å². The molecular weight excluding hydrogens is 269 g/mol. The Balaban J connectivity index is 2.41. The normalized spacial score (nSPS) is 14.1. The highest BCUT2D eigenvalue weighted by Crippen LogP contribution is 2.27. The molecule has 2 aromatic rings. The summed E-state index contributed by atoms with van der Waals surface area (Å²) < 4.78 is 13.3. The summed E-state index contributed by atoms with van der Waals surface area (Å²) >= 11 is 0. The first-order chi connectivity index (χ1) is 9.97. The van der Waals surface area contributed by atoms with Gasteiger partial charge in [0.05, 0.1) is 11.7 Å². The molecule has 3 N–H and O–H groups in total. The molecule has 0 fully saturated rings. The summed E-state index contributed by atoms with van der Waals surface area (Å²) in [5, 5.41) is 3.43. The lowest BCUT2D eigenvalue weighted by Gasteiger charge is -2.30. The Morgan fingerprint density at radius 2 is 2.10 bits per heavy atom. The van der Waals surface area contributed by atoms with E-state index in [9.17, 15) is 4.39 Å². The molecule has 21 heavy (non-hydrogen) atoms. The number of nitrogens with two attached hydrogens (primary N) is 1. The Morgan fingerprint density at radius 1 is 1.33 bits per heavy atom. The van der Waals surface area contributed by atoms with Crippen LogP contribution in [0.2, 0.25) is 0 Å². The SMILES string of the molecule is CCCC[C@@](C)(CC)Nc1nc(N)nc2cc(F)cnc12. The molecule has 0 saturated carbocycles. The van der Waals surface area contributed by atoms with Crippen LogP contribution in [0.5, 0.6) is 0 Å².